The van der Waals surface area contributed by atoms with E-state index in [-0.39, 0.29) is 5.63 Å². The summed E-state index contributed by atoms with van der Waals surface area (Å²) in [6.45, 7) is 0. The van der Waals surface area contributed by atoms with Crippen LogP contribution in [0.3, 0.4) is 0 Å². The number of aromatic nitrogens is 1. The van der Waals surface area contributed by atoms with Gasteiger partial charge in [0.05, 0.1) is 10.9 Å². The zero-order chi connectivity index (χ0) is 11.0. The summed E-state index contributed by atoms with van der Waals surface area (Å²) in [5.41, 5.74) is 1.17. The normalized spacial score (nSPS) is 10.8. The summed E-state index contributed by atoms with van der Waals surface area (Å²) < 4.78 is 5.17. The third-order valence-electron chi connectivity index (χ3n) is 2.30. The second-order valence-electron chi connectivity index (χ2n) is 3.34. The summed E-state index contributed by atoms with van der Waals surface area (Å²) in [6.07, 6.45) is 0. The van der Waals surface area contributed by atoms with Crippen LogP contribution >= 0.6 is 11.3 Å². The molecule has 3 nitrogen and oxygen atoms in total. The second-order valence-corrected chi connectivity index (χ2v) is 4.12. The summed E-state index contributed by atoms with van der Waals surface area (Å²) in [5, 5.41) is 4.34. The quantitative estimate of drug-likeness (QED) is 0.644. The molecule has 3 rings (SSSR count). The van der Waals surface area contributed by atoms with E-state index in [4.69, 9.17) is 4.42 Å². The van der Waals surface area contributed by atoms with E-state index in [1.165, 1.54) is 0 Å². The van der Waals surface area contributed by atoms with Crippen LogP contribution in [-0.2, 0) is 0 Å². The van der Waals surface area contributed by atoms with Gasteiger partial charge in [-0.15, -0.1) is 0 Å². The smallest absolute Gasteiger partial charge is 0.347 e. The molecule has 0 radical (unpaired) electrons. The minimum Gasteiger partial charge on any atom is -0.403 e. The molecule has 4 heteroatoms. The van der Waals surface area contributed by atoms with Crippen molar-refractivity contribution in [3.63, 3.8) is 0 Å². The molecule has 3 aromatic rings. The van der Waals surface area contributed by atoms with Crippen LogP contribution in [0.15, 0.2) is 50.3 Å². The Balaban J connectivity index is 2.34. The van der Waals surface area contributed by atoms with Gasteiger partial charge in [0, 0.05) is 10.9 Å². The Labute approximate surface area is 95.0 Å². The molecule has 16 heavy (non-hydrogen) atoms. The molecule has 0 bridgehead atoms. The van der Waals surface area contributed by atoms with Crippen LogP contribution < -0.4 is 5.63 Å². The van der Waals surface area contributed by atoms with Crippen LogP contribution in [0.1, 0.15) is 0 Å². The lowest BCUT2D eigenvalue weighted by Crippen LogP contribution is -2.02. The summed E-state index contributed by atoms with van der Waals surface area (Å²) in [6, 6.07) is 9.05. The SMILES string of the molecule is O=c1oc(-c2ccsc2)nc2ccccc12. The van der Waals surface area contributed by atoms with Crippen molar-refractivity contribution in [3.05, 3.63) is 51.5 Å². The molecule has 0 spiro atoms. The Morgan fingerprint density at radius 2 is 2.06 bits per heavy atom. The highest BCUT2D eigenvalue weighted by Gasteiger charge is 2.07. The van der Waals surface area contributed by atoms with Gasteiger partial charge in [0.25, 0.3) is 0 Å². The minimum absolute atomic E-state index is 0.341. The number of fused-ring (bicyclic) bond motifs is 1. The third-order valence-corrected chi connectivity index (χ3v) is 2.99. The van der Waals surface area contributed by atoms with Crippen LogP contribution in [0.4, 0.5) is 0 Å². The van der Waals surface area contributed by atoms with E-state index in [1.54, 1.807) is 23.5 Å². The minimum atomic E-state index is -0.341. The number of para-hydroxylation sites is 1. The van der Waals surface area contributed by atoms with Crippen molar-refractivity contribution < 1.29 is 4.42 Å². The lowest BCUT2D eigenvalue weighted by molar-refractivity contribution is 0.518. The first-order valence-corrected chi connectivity index (χ1v) is 5.71. The topological polar surface area (TPSA) is 43.1 Å². The van der Waals surface area contributed by atoms with E-state index in [0.717, 1.165) is 5.56 Å². The van der Waals surface area contributed by atoms with Crippen molar-refractivity contribution in [1.29, 1.82) is 0 Å². The van der Waals surface area contributed by atoms with Crippen molar-refractivity contribution in [2.75, 3.05) is 0 Å². The number of hydrogen-bond acceptors (Lipinski definition) is 4. The van der Waals surface area contributed by atoms with Gasteiger partial charge >= 0.3 is 5.63 Å². The van der Waals surface area contributed by atoms with Crippen LogP contribution in [-0.4, -0.2) is 4.98 Å². The van der Waals surface area contributed by atoms with Gasteiger partial charge in [0.15, 0.2) is 0 Å². The monoisotopic (exact) mass is 229 g/mol. The molecule has 0 atom stereocenters. The Bertz CT molecular complexity index is 686. The highest BCUT2D eigenvalue weighted by Crippen LogP contribution is 2.20. The summed E-state index contributed by atoms with van der Waals surface area (Å²) >= 11 is 1.54. The molecule has 0 saturated carbocycles. The van der Waals surface area contributed by atoms with Crippen molar-refractivity contribution in [3.8, 4) is 11.5 Å². The Kier molecular flexibility index (Phi) is 2.08. The molecule has 0 amide bonds. The maximum absolute atomic E-state index is 11.7. The van der Waals surface area contributed by atoms with E-state index in [9.17, 15) is 4.79 Å². The Morgan fingerprint density at radius 3 is 2.88 bits per heavy atom. The fourth-order valence-corrected chi connectivity index (χ4v) is 2.16. The average Bonchev–Trinajstić information content (AvgIpc) is 2.82. The third kappa shape index (κ3) is 1.44. The standard InChI is InChI=1S/C12H7NO2S/c14-12-9-3-1-2-4-10(9)13-11(15-12)8-5-6-16-7-8/h1-7H. The van der Waals surface area contributed by atoms with E-state index in [2.05, 4.69) is 4.98 Å². The zero-order valence-electron chi connectivity index (χ0n) is 8.21. The fourth-order valence-electron chi connectivity index (χ4n) is 1.53. The van der Waals surface area contributed by atoms with Crippen LogP contribution in [0, 0.1) is 0 Å². The molecule has 0 aliphatic carbocycles. The van der Waals surface area contributed by atoms with Gasteiger partial charge in [-0.2, -0.15) is 11.3 Å². The molecule has 78 valence electrons. The summed E-state index contributed by atoms with van der Waals surface area (Å²) in [4.78, 5) is 16.0. The van der Waals surface area contributed by atoms with Crippen molar-refractivity contribution in [2.45, 2.75) is 0 Å². The van der Waals surface area contributed by atoms with Gasteiger partial charge in [-0.05, 0) is 23.6 Å². The predicted octanol–water partition coefficient (Wildman–Crippen LogP) is 2.92. The van der Waals surface area contributed by atoms with Gasteiger partial charge in [-0.1, -0.05) is 12.1 Å². The van der Waals surface area contributed by atoms with E-state index in [1.807, 2.05) is 29.0 Å². The van der Waals surface area contributed by atoms with Gasteiger partial charge in [0.1, 0.15) is 0 Å². The number of thiophene rings is 1. The molecule has 2 aromatic heterocycles. The van der Waals surface area contributed by atoms with E-state index >= 15 is 0 Å². The van der Waals surface area contributed by atoms with Crippen molar-refractivity contribution in [1.82, 2.24) is 4.98 Å². The van der Waals surface area contributed by atoms with Crippen molar-refractivity contribution in [2.24, 2.45) is 0 Å². The van der Waals surface area contributed by atoms with Gasteiger partial charge in [0.2, 0.25) is 5.89 Å². The number of nitrogens with zero attached hydrogens (tertiary/aromatic N) is 1. The van der Waals surface area contributed by atoms with E-state index in [0.29, 0.717) is 16.8 Å². The van der Waals surface area contributed by atoms with Crippen LogP contribution in [0.2, 0.25) is 0 Å². The number of hydrogen-bond donors (Lipinski definition) is 0. The first-order chi connectivity index (χ1) is 7.84. The van der Waals surface area contributed by atoms with Crippen molar-refractivity contribution >= 4 is 22.2 Å². The fraction of sp³-hybridized carbons (Fsp3) is 0. The molecule has 0 saturated heterocycles. The zero-order valence-corrected chi connectivity index (χ0v) is 9.03. The highest BCUT2D eigenvalue weighted by molar-refractivity contribution is 7.08. The Hall–Kier alpha value is -1.94. The maximum Gasteiger partial charge on any atom is 0.347 e. The molecule has 0 unspecified atom stereocenters. The molecule has 0 N–H and O–H groups in total. The molecular weight excluding hydrogens is 222 g/mol. The maximum atomic E-state index is 11.7. The lowest BCUT2D eigenvalue weighted by Gasteiger charge is -1.98. The molecular formula is C12H7NO2S. The molecule has 0 aliphatic heterocycles. The molecule has 0 aliphatic rings. The van der Waals surface area contributed by atoms with Gasteiger partial charge < -0.3 is 4.42 Å². The first-order valence-electron chi connectivity index (χ1n) is 4.77. The van der Waals surface area contributed by atoms with Crippen LogP contribution in [0.25, 0.3) is 22.4 Å². The number of benzene rings is 1. The molecule has 2 heterocycles. The summed E-state index contributed by atoms with van der Waals surface area (Å²) in [7, 11) is 0. The van der Waals surface area contributed by atoms with Gasteiger partial charge in [-0.3, -0.25) is 0 Å². The number of rotatable bonds is 1. The Morgan fingerprint density at radius 1 is 1.19 bits per heavy atom. The van der Waals surface area contributed by atoms with Gasteiger partial charge in [-0.25, -0.2) is 9.78 Å². The highest BCUT2D eigenvalue weighted by atomic mass is 32.1. The lowest BCUT2D eigenvalue weighted by atomic mass is 10.2. The largest absolute Gasteiger partial charge is 0.403 e. The average molecular weight is 229 g/mol. The first kappa shape index (κ1) is 9.30. The van der Waals surface area contributed by atoms with E-state index < -0.39 is 0 Å². The molecule has 1 aromatic carbocycles. The molecule has 0 fully saturated rings. The second kappa shape index (κ2) is 3.57. The van der Waals surface area contributed by atoms with Crippen LogP contribution in [0.5, 0.6) is 0 Å². The predicted molar refractivity (Wildman–Crippen MR) is 63.6 cm³/mol. The summed E-state index contributed by atoms with van der Waals surface area (Å²) in [5.74, 6) is 0.380.